The summed E-state index contributed by atoms with van der Waals surface area (Å²) in [6, 6.07) is 5.17. The number of amides is 1. The Morgan fingerprint density at radius 3 is 2.68 bits per heavy atom. The SMILES string of the molecule is COc1ccc(NC(=O)C(C)c2nc(CO)cs2)cc1OC. The predicted molar refractivity (Wildman–Crippen MR) is 84.6 cm³/mol. The lowest BCUT2D eigenvalue weighted by atomic mass is 10.1. The molecule has 0 aliphatic rings. The Labute approximate surface area is 132 Å². The van der Waals surface area contributed by atoms with Gasteiger partial charge in [-0.05, 0) is 19.1 Å². The second kappa shape index (κ2) is 7.24. The molecule has 0 fully saturated rings. The van der Waals surface area contributed by atoms with E-state index in [4.69, 9.17) is 14.6 Å². The molecule has 1 aromatic carbocycles. The maximum absolute atomic E-state index is 12.3. The van der Waals surface area contributed by atoms with Crippen molar-refractivity contribution in [1.82, 2.24) is 4.98 Å². The van der Waals surface area contributed by atoms with Crippen LogP contribution in [0.3, 0.4) is 0 Å². The summed E-state index contributed by atoms with van der Waals surface area (Å²) >= 11 is 1.36. The number of methoxy groups -OCH3 is 2. The lowest BCUT2D eigenvalue weighted by Gasteiger charge is -2.12. The van der Waals surface area contributed by atoms with E-state index in [1.807, 2.05) is 0 Å². The van der Waals surface area contributed by atoms with Crippen molar-refractivity contribution in [2.75, 3.05) is 19.5 Å². The number of aromatic nitrogens is 1. The van der Waals surface area contributed by atoms with Crippen molar-refractivity contribution in [3.8, 4) is 11.5 Å². The number of nitrogens with one attached hydrogen (secondary N) is 1. The van der Waals surface area contributed by atoms with Crippen molar-refractivity contribution < 1.29 is 19.4 Å². The highest BCUT2D eigenvalue weighted by Gasteiger charge is 2.19. The molecule has 1 heterocycles. The van der Waals surface area contributed by atoms with Crippen molar-refractivity contribution in [3.63, 3.8) is 0 Å². The number of hydrogen-bond donors (Lipinski definition) is 2. The van der Waals surface area contributed by atoms with Crippen LogP contribution in [0.4, 0.5) is 5.69 Å². The number of aliphatic hydroxyl groups excluding tert-OH is 1. The van der Waals surface area contributed by atoms with Gasteiger partial charge in [-0.2, -0.15) is 0 Å². The summed E-state index contributed by atoms with van der Waals surface area (Å²) in [5.41, 5.74) is 1.19. The van der Waals surface area contributed by atoms with Gasteiger partial charge in [0.1, 0.15) is 5.01 Å². The molecule has 2 rings (SSSR count). The second-order valence-electron chi connectivity index (χ2n) is 4.62. The molecule has 118 valence electrons. The van der Waals surface area contributed by atoms with E-state index >= 15 is 0 Å². The fourth-order valence-corrected chi connectivity index (χ4v) is 2.74. The van der Waals surface area contributed by atoms with Gasteiger partial charge in [-0.15, -0.1) is 11.3 Å². The average molecular weight is 322 g/mol. The summed E-state index contributed by atoms with van der Waals surface area (Å²) in [6.45, 7) is 1.65. The molecule has 22 heavy (non-hydrogen) atoms. The number of carbonyl (C=O) groups is 1. The predicted octanol–water partition coefficient (Wildman–Crippen LogP) is 2.39. The van der Waals surface area contributed by atoms with Gasteiger partial charge in [-0.1, -0.05) is 0 Å². The van der Waals surface area contributed by atoms with E-state index in [0.29, 0.717) is 27.9 Å². The number of thiazole rings is 1. The Hall–Kier alpha value is -2.12. The van der Waals surface area contributed by atoms with Crippen LogP contribution in [0, 0.1) is 0 Å². The van der Waals surface area contributed by atoms with Gasteiger partial charge in [-0.3, -0.25) is 4.79 Å². The second-order valence-corrected chi connectivity index (χ2v) is 5.51. The fraction of sp³-hybridized carbons (Fsp3) is 0.333. The highest BCUT2D eigenvalue weighted by atomic mass is 32.1. The first kappa shape index (κ1) is 16.3. The number of rotatable bonds is 6. The van der Waals surface area contributed by atoms with E-state index in [1.54, 1.807) is 37.6 Å². The minimum Gasteiger partial charge on any atom is -0.493 e. The third-order valence-corrected chi connectivity index (χ3v) is 4.22. The zero-order valence-corrected chi connectivity index (χ0v) is 13.4. The summed E-state index contributed by atoms with van der Waals surface area (Å²) < 4.78 is 10.4. The number of benzene rings is 1. The number of carbonyl (C=O) groups excluding carboxylic acids is 1. The van der Waals surface area contributed by atoms with Gasteiger partial charge in [0.2, 0.25) is 5.91 Å². The quantitative estimate of drug-likeness (QED) is 0.853. The zero-order chi connectivity index (χ0) is 16.1. The van der Waals surface area contributed by atoms with Gasteiger partial charge in [0, 0.05) is 17.1 Å². The fourth-order valence-electron chi connectivity index (χ4n) is 1.87. The summed E-state index contributed by atoms with van der Waals surface area (Å²) in [5, 5.41) is 14.3. The number of aliphatic hydroxyl groups is 1. The molecule has 6 nitrogen and oxygen atoms in total. The van der Waals surface area contributed by atoms with E-state index in [9.17, 15) is 4.79 Å². The largest absolute Gasteiger partial charge is 0.493 e. The van der Waals surface area contributed by atoms with Crippen molar-refractivity contribution in [2.24, 2.45) is 0 Å². The van der Waals surface area contributed by atoms with Gasteiger partial charge >= 0.3 is 0 Å². The third kappa shape index (κ3) is 3.55. The highest BCUT2D eigenvalue weighted by molar-refractivity contribution is 7.09. The normalized spacial score (nSPS) is 11.8. The van der Waals surface area contributed by atoms with E-state index in [-0.39, 0.29) is 12.5 Å². The Bertz CT molecular complexity index is 657. The Kier molecular flexibility index (Phi) is 5.35. The molecule has 0 bridgehead atoms. The first-order valence-corrected chi connectivity index (χ1v) is 7.55. The number of nitrogens with zero attached hydrogens (tertiary/aromatic N) is 1. The van der Waals surface area contributed by atoms with Crippen LogP contribution < -0.4 is 14.8 Å². The number of ether oxygens (including phenoxy) is 2. The van der Waals surface area contributed by atoms with Gasteiger partial charge in [0.05, 0.1) is 32.4 Å². The molecule has 0 radical (unpaired) electrons. The van der Waals surface area contributed by atoms with E-state index in [2.05, 4.69) is 10.3 Å². The molecule has 1 atom stereocenters. The lowest BCUT2D eigenvalue weighted by molar-refractivity contribution is -0.117. The van der Waals surface area contributed by atoms with Gasteiger partial charge < -0.3 is 19.9 Å². The monoisotopic (exact) mass is 322 g/mol. The van der Waals surface area contributed by atoms with Gasteiger partial charge in [0.15, 0.2) is 11.5 Å². The summed E-state index contributed by atoms with van der Waals surface area (Å²) in [6.07, 6.45) is 0. The molecule has 0 saturated carbocycles. The maximum Gasteiger partial charge on any atom is 0.234 e. The Morgan fingerprint density at radius 2 is 2.09 bits per heavy atom. The minimum atomic E-state index is -0.404. The number of anilines is 1. The topological polar surface area (TPSA) is 80.7 Å². The van der Waals surface area contributed by atoms with Crippen LogP contribution >= 0.6 is 11.3 Å². The van der Waals surface area contributed by atoms with Crippen LogP contribution in [0.1, 0.15) is 23.5 Å². The average Bonchev–Trinajstić information content (AvgIpc) is 3.02. The molecule has 7 heteroatoms. The van der Waals surface area contributed by atoms with E-state index < -0.39 is 5.92 Å². The molecule has 0 aliphatic carbocycles. The third-order valence-electron chi connectivity index (χ3n) is 3.15. The molecule has 2 N–H and O–H groups in total. The molecule has 0 spiro atoms. The van der Waals surface area contributed by atoms with Gasteiger partial charge in [0.25, 0.3) is 0 Å². The highest BCUT2D eigenvalue weighted by Crippen LogP contribution is 2.30. The standard InChI is InChI=1S/C15H18N2O4S/c1-9(15-17-11(7-18)8-22-15)14(19)16-10-4-5-12(20-2)13(6-10)21-3/h4-6,8-9,18H,7H2,1-3H3,(H,16,19). The smallest absolute Gasteiger partial charge is 0.234 e. The first-order valence-electron chi connectivity index (χ1n) is 6.67. The summed E-state index contributed by atoms with van der Waals surface area (Å²) in [5.74, 6) is 0.565. The maximum atomic E-state index is 12.3. The molecule has 0 aliphatic heterocycles. The lowest BCUT2D eigenvalue weighted by Crippen LogP contribution is -2.18. The van der Waals surface area contributed by atoms with Crippen LogP contribution in [-0.4, -0.2) is 30.2 Å². The van der Waals surface area contributed by atoms with Crippen molar-refractivity contribution in [3.05, 3.63) is 34.3 Å². The van der Waals surface area contributed by atoms with Crippen LogP contribution in [0.2, 0.25) is 0 Å². The molecular weight excluding hydrogens is 304 g/mol. The Balaban J connectivity index is 2.11. The van der Waals surface area contributed by atoms with E-state index in [1.165, 1.54) is 18.4 Å². The van der Waals surface area contributed by atoms with Gasteiger partial charge in [-0.25, -0.2) is 4.98 Å². The molecule has 0 saturated heterocycles. The van der Waals surface area contributed by atoms with Crippen LogP contribution in [0.25, 0.3) is 0 Å². The van der Waals surface area contributed by atoms with Crippen LogP contribution in [0.15, 0.2) is 23.6 Å². The van der Waals surface area contributed by atoms with E-state index in [0.717, 1.165) is 0 Å². The van der Waals surface area contributed by atoms with Crippen LogP contribution in [-0.2, 0) is 11.4 Å². The minimum absolute atomic E-state index is 0.124. The van der Waals surface area contributed by atoms with Crippen molar-refractivity contribution in [1.29, 1.82) is 0 Å². The molecule has 1 aromatic heterocycles. The molecule has 2 aromatic rings. The summed E-state index contributed by atoms with van der Waals surface area (Å²) in [4.78, 5) is 16.5. The summed E-state index contributed by atoms with van der Waals surface area (Å²) in [7, 11) is 3.09. The zero-order valence-electron chi connectivity index (χ0n) is 12.6. The van der Waals surface area contributed by atoms with Crippen molar-refractivity contribution in [2.45, 2.75) is 19.4 Å². The first-order chi connectivity index (χ1) is 10.6. The molecule has 1 amide bonds. The van der Waals surface area contributed by atoms with Crippen molar-refractivity contribution >= 4 is 22.9 Å². The molecule has 1 unspecified atom stereocenters. The van der Waals surface area contributed by atoms with Crippen LogP contribution in [0.5, 0.6) is 11.5 Å². The Morgan fingerprint density at radius 1 is 1.36 bits per heavy atom. The molecular formula is C15H18N2O4S. The number of hydrogen-bond acceptors (Lipinski definition) is 6.